The number of halogens is 1. The molecule has 52 valence electrons. The fraction of sp³-hybridized carbons (Fsp3) is 0.571. The molecule has 0 spiro atoms. The minimum absolute atomic E-state index is 0.254. The first-order valence-electron chi connectivity index (χ1n) is 3.10. The summed E-state index contributed by atoms with van der Waals surface area (Å²) in [6.45, 7) is 2.05. The van der Waals surface area contributed by atoms with E-state index in [2.05, 4.69) is 6.92 Å². The molecule has 2 heteroatoms. The van der Waals surface area contributed by atoms with Crippen LogP contribution in [-0.4, -0.2) is 5.24 Å². The van der Waals surface area contributed by atoms with Crippen LogP contribution < -0.4 is 0 Å². The third-order valence-electron chi connectivity index (χ3n) is 0.910. The second-order valence-electron chi connectivity index (χ2n) is 1.77. The third-order valence-corrected chi connectivity index (χ3v) is 1.10. The van der Waals surface area contributed by atoms with E-state index in [1.807, 2.05) is 12.2 Å². The summed E-state index contributed by atoms with van der Waals surface area (Å²) in [5.74, 6) is 0. The SMILES string of the molecule is CCC=CCCC(=O)Cl. The van der Waals surface area contributed by atoms with Crippen LogP contribution in [0.15, 0.2) is 12.2 Å². The lowest BCUT2D eigenvalue weighted by molar-refractivity contribution is -0.111. The first-order valence-corrected chi connectivity index (χ1v) is 3.48. The van der Waals surface area contributed by atoms with E-state index >= 15 is 0 Å². The molecule has 0 atom stereocenters. The van der Waals surface area contributed by atoms with Gasteiger partial charge >= 0.3 is 0 Å². The molecule has 0 aliphatic carbocycles. The zero-order valence-corrected chi connectivity index (χ0v) is 6.32. The second-order valence-corrected chi connectivity index (χ2v) is 2.20. The molecular formula is C7H11ClO. The van der Waals surface area contributed by atoms with Gasteiger partial charge in [0, 0.05) is 6.42 Å². The molecule has 0 amide bonds. The van der Waals surface area contributed by atoms with E-state index < -0.39 is 0 Å². The highest BCUT2D eigenvalue weighted by Gasteiger charge is 1.89. The second kappa shape index (κ2) is 5.83. The molecule has 0 N–H and O–H groups in total. The number of hydrogen-bond acceptors (Lipinski definition) is 1. The number of carbonyl (C=O) groups excluding carboxylic acids is 1. The predicted molar refractivity (Wildman–Crippen MR) is 39.5 cm³/mol. The van der Waals surface area contributed by atoms with E-state index in [9.17, 15) is 4.79 Å². The topological polar surface area (TPSA) is 17.1 Å². The summed E-state index contributed by atoms with van der Waals surface area (Å²) in [4.78, 5) is 10.1. The van der Waals surface area contributed by atoms with Crippen LogP contribution in [0.2, 0.25) is 0 Å². The van der Waals surface area contributed by atoms with Crippen molar-refractivity contribution in [2.24, 2.45) is 0 Å². The Balaban J connectivity index is 3.09. The Hall–Kier alpha value is -0.300. The van der Waals surface area contributed by atoms with Gasteiger partial charge in [-0.25, -0.2) is 0 Å². The molecule has 0 aliphatic heterocycles. The van der Waals surface area contributed by atoms with Crippen LogP contribution in [0.4, 0.5) is 0 Å². The van der Waals surface area contributed by atoms with Crippen LogP contribution >= 0.6 is 11.6 Å². The zero-order valence-electron chi connectivity index (χ0n) is 5.56. The summed E-state index contributed by atoms with van der Waals surface area (Å²) >= 11 is 5.08. The monoisotopic (exact) mass is 146 g/mol. The molecule has 0 heterocycles. The van der Waals surface area contributed by atoms with Crippen molar-refractivity contribution in [3.05, 3.63) is 12.2 Å². The highest BCUT2D eigenvalue weighted by atomic mass is 35.5. The van der Waals surface area contributed by atoms with E-state index in [1.54, 1.807) is 0 Å². The molecule has 0 unspecified atom stereocenters. The van der Waals surface area contributed by atoms with Gasteiger partial charge in [0.2, 0.25) is 5.24 Å². The largest absolute Gasteiger partial charge is 0.281 e. The molecule has 0 aromatic carbocycles. The lowest BCUT2D eigenvalue weighted by Crippen LogP contribution is -1.81. The standard InChI is InChI=1S/C7H11ClO/c1-2-3-4-5-6-7(8)9/h3-4H,2,5-6H2,1H3. The normalized spacial score (nSPS) is 10.4. The summed E-state index contributed by atoms with van der Waals surface area (Å²) in [5, 5.41) is -0.254. The minimum atomic E-state index is -0.254. The quantitative estimate of drug-likeness (QED) is 0.440. The third kappa shape index (κ3) is 7.70. The van der Waals surface area contributed by atoms with Crippen LogP contribution in [0.1, 0.15) is 26.2 Å². The molecule has 0 bridgehead atoms. The Kier molecular flexibility index (Phi) is 5.64. The summed E-state index contributed by atoms with van der Waals surface area (Å²) in [6, 6.07) is 0. The van der Waals surface area contributed by atoms with E-state index in [-0.39, 0.29) is 5.24 Å². The van der Waals surface area contributed by atoms with Crippen molar-refractivity contribution in [2.75, 3.05) is 0 Å². The Morgan fingerprint density at radius 2 is 2.22 bits per heavy atom. The maximum absolute atomic E-state index is 10.1. The summed E-state index contributed by atoms with van der Waals surface area (Å²) in [5.41, 5.74) is 0. The van der Waals surface area contributed by atoms with E-state index in [0.29, 0.717) is 6.42 Å². The molecule has 0 fully saturated rings. The summed E-state index contributed by atoms with van der Waals surface area (Å²) < 4.78 is 0. The van der Waals surface area contributed by atoms with Crippen molar-refractivity contribution in [3.8, 4) is 0 Å². The maximum atomic E-state index is 10.1. The molecule has 1 nitrogen and oxygen atoms in total. The smallest absolute Gasteiger partial charge is 0.221 e. The van der Waals surface area contributed by atoms with Crippen LogP contribution in [0.3, 0.4) is 0 Å². The van der Waals surface area contributed by atoms with Crippen molar-refractivity contribution in [1.29, 1.82) is 0 Å². The molecule has 0 radical (unpaired) electrons. The van der Waals surface area contributed by atoms with Crippen molar-refractivity contribution in [3.63, 3.8) is 0 Å². The predicted octanol–water partition coefficient (Wildman–Crippen LogP) is 2.50. The zero-order chi connectivity index (χ0) is 7.11. The van der Waals surface area contributed by atoms with Gasteiger partial charge in [0.05, 0.1) is 0 Å². The molecular weight excluding hydrogens is 136 g/mol. The molecule has 0 saturated heterocycles. The van der Waals surface area contributed by atoms with Crippen LogP contribution in [-0.2, 0) is 4.79 Å². The Bertz CT molecular complexity index is 107. The first-order chi connectivity index (χ1) is 4.27. The molecule has 0 aromatic heterocycles. The number of allylic oxidation sites excluding steroid dienone is 2. The average molecular weight is 147 g/mol. The number of hydrogen-bond donors (Lipinski definition) is 0. The van der Waals surface area contributed by atoms with Gasteiger partial charge in [-0.2, -0.15) is 0 Å². The van der Waals surface area contributed by atoms with Crippen LogP contribution in [0, 0.1) is 0 Å². The number of carbonyl (C=O) groups is 1. The maximum Gasteiger partial charge on any atom is 0.221 e. The molecule has 0 rings (SSSR count). The lowest BCUT2D eigenvalue weighted by atomic mass is 10.3. The van der Waals surface area contributed by atoms with E-state index in [4.69, 9.17) is 11.6 Å². The summed E-state index contributed by atoms with van der Waals surface area (Å²) in [7, 11) is 0. The Labute approximate surface area is 60.7 Å². The van der Waals surface area contributed by atoms with Gasteiger partial charge in [0.1, 0.15) is 0 Å². The van der Waals surface area contributed by atoms with Gasteiger partial charge in [0.15, 0.2) is 0 Å². The van der Waals surface area contributed by atoms with Crippen LogP contribution in [0.25, 0.3) is 0 Å². The fourth-order valence-corrected chi connectivity index (χ4v) is 0.590. The van der Waals surface area contributed by atoms with Gasteiger partial charge in [-0.1, -0.05) is 19.1 Å². The summed E-state index contributed by atoms with van der Waals surface area (Å²) in [6.07, 6.45) is 6.25. The van der Waals surface area contributed by atoms with Gasteiger partial charge in [-0.15, -0.1) is 0 Å². The average Bonchev–Trinajstić information content (AvgIpc) is 1.80. The Morgan fingerprint density at radius 1 is 1.56 bits per heavy atom. The van der Waals surface area contributed by atoms with Gasteiger partial charge < -0.3 is 0 Å². The van der Waals surface area contributed by atoms with Crippen molar-refractivity contribution in [1.82, 2.24) is 0 Å². The van der Waals surface area contributed by atoms with Crippen LogP contribution in [0.5, 0.6) is 0 Å². The molecule has 9 heavy (non-hydrogen) atoms. The number of rotatable bonds is 4. The highest BCUT2D eigenvalue weighted by Crippen LogP contribution is 1.95. The van der Waals surface area contributed by atoms with Gasteiger partial charge in [-0.3, -0.25) is 4.79 Å². The van der Waals surface area contributed by atoms with Crippen molar-refractivity contribution < 1.29 is 4.79 Å². The van der Waals surface area contributed by atoms with E-state index in [0.717, 1.165) is 12.8 Å². The molecule has 0 aromatic rings. The first kappa shape index (κ1) is 8.70. The molecule has 0 saturated carbocycles. The van der Waals surface area contributed by atoms with E-state index in [1.165, 1.54) is 0 Å². The molecule has 0 aliphatic rings. The van der Waals surface area contributed by atoms with Crippen molar-refractivity contribution >= 4 is 16.8 Å². The Morgan fingerprint density at radius 3 is 2.67 bits per heavy atom. The lowest BCUT2D eigenvalue weighted by Gasteiger charge is -1.84. The van der Waals surface area contributed by atoms with Gasteiger partial charge in [0.25, 0.3) is 0 Å². The highest BCUT2D eigenvalue weighted by molar-refractivity contribution is 6.63. The van der Waals surface area contributed by atoms with Crippen molar-refractivity contribution in [2.45, 2.75) is 26.2 Å². The fourth-order valence-electron chi connectivity index (χ4n) is 0.481. The minimum Gasteiger partial charge on any atom is -0.281 e. The van der Waals surface area contributed by atoms with Gasteiger partial charge in [-0.05, 0) is 24.4 Å².